The lowest BCUT2D eigenvalue weighted by molar-refractivity contribution is -0.192. The third-order valence-electron chi connectivity index (χ3n) is 7.64. The monoisotopic (exact) mass is 582 g/mol. The first-order valence-electron chi connectivity index (χ1n) is 13.4. The summed E-state index contributed by atoms with van der Waals surface area (Å²) >= 11 is 6.05. The molecular formula is C28H34ClF3N4O4. The van der Waals surface area contributed by atoms with Crippen LogP contribution in [0.15, 0.2) is 36.4 Å². The summed E-state index contributed by atoms with van der Waals surface area (Å²) in [5.41, 5.74) is 3.63. The molecule has 2 aliphatic heterocycles. The van der Waals surface area contributed by atoms with Crippen molar-refractivity contribution in [1.29, 1.82) is 0 Å². The molecule has 1 aromatic heterocycles. The number of carbonyl (C=O) groups excluding carboxylic acids is 1. The van der Waals surface area contributed by atoms with Crippen molar-refractivity contribution in [2.45, 2.75) is 50.4 Å². The Morgan fingerprint density at radius 2 is 1.88 bits per heavy atom. The molecule has 2 aromatic rings. The zero-order valence-corrected chi connectivity index (χ0v) is 23.0. The summed E-state index contributed by atoms with van der Waals surface area (Å²) in [6.45, 7) is 4.42. The van der Waals surface area contributed by atoms with Crippen LogP contribution in [-0.2, 0) is 27.2 Å². The number of carboxylic acid groups (broad SMARTS) is 1. The van der Waals surface area contributed by atoms with Gasteiger partial charge in [-0.1, -0.05) is 29.8 Å². The van der Waals surface area contributed by atoms with Crippen LogP contribution in [0.4, 0.5) is 19.0 Å². The predicted octanol–water partition coefficient (Wildman–Crippen LogP) is 4.48. The van der Waals surface area contributed by atoms with Gasteiger partial charge in [0, 0.05) is 42.4 Å². The summed E-state index contributed by atoms with van der Waals surface area (Å²) in [5, 5.41) is 15.0. The second kappa shape index (κ2) is 13.2. The third-order valence-corrected chi connectivity index (χ3v) is 7.89. The number of aromatic nitrogens is 1. The molecule has 3 N–H and O–H groups in total. The molecule has 1 aromatic carbocycles. The number of methoxy groups -OCH3 is 1. The number of nitrogens with one attached hydrogen (secondary N) is 2. The van der Waals surface area contributed by atoms with E-state index in [1.807, 2.05) is 24.3 Å². The number of carboxylic acids is 1. The fraction of sp³-hybridized carbons (Fsp3) is 0.536. The van der Waals surface area contributed by atoms with Gasteiger partial charge in [-0.05, 0) is 73.4 Å². The number of anilines is 1. The van der Waals surface area contributed by atoms with Crippen LogP contribution in [-0.4, -0.2) is 72.4 Å². The SMILES string of the molecule is COC(=O)CC(NC1[C@H]2CN(CCCc3ccc4c(n3)NCCC4)C[C@@H]12)c1ccc(Cl)cc1.O=C(O)C(F)(F)F. The molecule has 3 heterocycles. The average Bonchev–Trinajstić information content (AvgIpc) is 3.35. The molecular weight excluding hydrogens is 549 g/mol. The van der Waals surface area contributed by atoms with Gasteiger partial charge in [0.2, 0.25) is 0 Å². The number of nitrogens with zero attached hydrogens (tertiary/aromatic N) is 2. The van der Waals surface area contributed by atoms with Crippen molar-refractivity contribution in [3.05, 3.63) is 58.2 Å². The molecule has 4 atom stereocenters. The Kier molecular flexibility index (Phi) is 9.91. The lowest BCUT2D eigenvalue weighted by Gasteiger charge is -2.23. The van der Waals surface area contributed by atoms with Crippen LogP contribution >= 0.6 is 11.6 Å². The van der Waals surface area contributed by atoms with Gasteiger partial charge in [0.05, 0.1) is 13.5 Å². The minimum atomic E-state index is -5.08. The Bertz CT molecular complexity index is 1170. The summed E-state index contributed by atoms with van der Waals surface area (Å²) < 4.78 is 36.7. The van der Waals surface area contributed by atoms with E-state index >= 15 is 0 Å². The first kappa shape index (κ1) is 30.1. The molecule has 0 spiro atoms. The minimum Gasteiger partial charge on any atom is -0.475 e. The lowest BCUT2D eigenvalue weighted by atomic mass is 10.0. The first-order valence-corrected chi connectivity index (χ1v) is 13.8. The van der Waals surface area contributed by atoms with E-state index in [4.69, 9.17) is 31.2 Å². The molecule has 1 aliphatic carbocycles. The van der Waals surface area contributed by atoms with Crippen LogP contribution in [0.2, 0.25) is 5.02 Å². The van der Waals surface area contributed by atoms with Crippen LogP contribution < -0.4 is 10.6 Å². The number of carbonyl (C=O) groups is 2. The Labute approximate surface area is 236 Å². The number of esters is 1. The molecule has 1 saturated heterocycles. The number of piperidine rings is 1. The highest BCUT2D eigenvalue weighted by Gasteiger charge is 2.55. The number of hydrogen-bond acceptors (Lipinski definition) is 7. The van der Waals surface area contributed by atoms with Gasteiger partial charge in [-0.25, -0.2) is 9.78 Å². The molecule has 0 bridgehead atoms. The topological polar surface area (TPSA) is 104 Å². The molecule has 0 amide bonds. The number of pyridine rings is 1. The largest absolute Gasteiger partial charge is 0.490 e. The van der Waals surface area contributed by atoms with Crippen LogP contribution in [0.3, 0.4) is 0 Å². The van der Waals surface area contributed by atoms with Crippen LogP contribution in [0.1, 0.15) is 42.1 Å². The van der Waals surface area contributed by atoms with Crippen molar-refractivity contribution in [2.75, 3.05) is 38.6 Å². The van der Waals surface area contributed by atoms with Gasteiger partial charge in [0.15, 0.2) is 0 Å². The smallest absolute Gasteiger partial charge is 0.475 e. The number of halogens is 4. The molecule has 2 fully saturated rings. The van der Waals surface area contributed by atoms with Crippen LogP contribution in [0.25, 0.3) is 0 Å². The number of ether oxygens (including phenoxy) is 1. The standard InChI is InChI=1S/C26H33ClN4O2.C2HF3O2/c1-33-24(32)14-23(17-6-9-19(27)10-7-17)30-25-21-15-31(16-22(21)25)13-3-5-20-11-8-18-4-2-12-28-26(18)29-20;3-2(4,5)1(6)7/h6-11,21-23,25,30H,2-5,12-16H2,1H3,(H,28,29);(H,6,7)/t21-,22+,23?,25?;. The zero-order chi connectivity index (χ0) is 28.9. The maximum absolute atomic E-state index is 12.0. The van der Waals surface area contributed by atoms with Gasteiger partial charge in [-0.3, -0.25) is 4.79 Å². The van der Waals surface area contributed by atoms with Gasteiger partial charge in [0.25, 0.3) is 0 Å². The fourth-order valence-electron chi connectivity index (χ4n) is 5.49. The highest BCUT2D eigenvalue weighted by Crippen LogP contribution is 2.46. The fourth-order valence-corrected chi connectivity index (χ4v) is 5.61. The molecule has 1 saturated carbocycles. The molecule has 5 rings (SSSR count). The molecule has 12 heteroatoms. The van der Waals surface area contributed by atoms with E-state index in [-0.39, 0.29) is 12.0 Å². The number of hydrogen-bond donors (Lipinski definition) is 3. The number of aryl methyl sites for hydroxylation is 2. The van der Waals surface area contributed by atoms with Gasteiger partial charge in [-0.15, -0.1) is 0 Å². The number of likely N-dealkylation sites (tertiary alicyclic amines) is 1. The Morgan fingerprint density at radius 1 is 1.20 bits per heavy atom. The molecule has 2 unspecified atom stereocenters. The van der Waals surface area contributed by atoms with Crippen molar-refractivity contribution >= 4 is 29.4 Å². The normalized spacial score (nSPS) is 22.2. The number of fused-ring (bicyclic) bond motifs is 2. The highest BCUT2D eigenvalue weighted by atomic mass is 35.5. The van der Waals surface area contributed by atoms with Crippen LogP contribution in [0, 0.1) is 11.8 Å². The number of rotatable bonds is 9. The molecule has 40 heavy (non-hydrogen) atoms. The maximum atomic E-state index is 12.0. The third kappa shape index (κ3) is 8.08. The van der Waals surface area contributed by atoms with E-state index in [0.29, 0.717) is 29.3 Å². The number of benzene rings is 1. The Morgan fingerprint density at radius 3 is 2.50 bits per heavy atom. The molecule has 0 radical (unpaired) electrons. The number of aliphatic carboxylic acids is 1. The van der Waals surface area contributed by atoms with Crippen molar-refractivity contribution in [1.82, 2.24) is 15.2 Å². The first-order chi connectivity index (χ1) is 19.0. The van der Waals surface area contributed by atoms with Crippen molar-refractivity contribution in [3.63, 3.8) is 0 Å². The van der Waals surface area contributed by atoms with E-state index < -0.39 is 12.1 Å². The summed E-state index contributed by atoms with van der Waals surface area (Å²) in [5.74, 6) is -0.516. The Balaban J connectivity index is 0.000000470. The minimum absolute atomic E-state index is 0.0394. The highest BCUT2D eigenvalue weighted by molar-refractivity contribution is 6.30. The summed E-state index contributed by atoms with van der Waals surface area (Å²) in [7, 11) is 1.45. The van der Waals surface area contributed by atoms with E-state index in [0.717, 1.165) is 56.8 Å². The molecule has 3 aliphatic rings. The van der Waals surface area contributed by atoms with Gasteiger partial charge in [0.1, 0.15) is 5.82 Å². The van der Waals surface area contributed by atoms with E-state index in [2.05, 4.69) is 27.7 Å². The second-order valence-corrected chi connectivity index (χ2v) is 10.8. The maximum Gasteiger partial charge on any atom is 0.490 e. The van der Waals surface area contributed by atoms with Crippen molar-refractivity contribution in [2.24, 2.45) is 11.8 Å². The summed E-state index contributed by atoms with van der Waals surface area (Å²) in [4.78, 5) is 28.3. The summed E-state index contributed by atoms with van der Waals surface area (Å²) in [6, 6.07) is 12.6. The van der Waals surface area contributed by atoms with Gasteiger partial charge >= 0.3 is 18.1 Å². The van der Waals surface area contributed by atoms with Crippen LogP contribution in [0.5, 0.6) is 0 Å². The van der Waals surface area contributed by atoms with Gasteiger partial charge < -0.3 is 25.4 Å². The average molecular weight is 583 g/mol. The predicted molar refractivity (Wildman–Crippen MR) is 144 cm³/mol. The molecule has 8 nitrogen and oxygen atoms in total. The van der Waals surface area contributed by atoms with E-state index in [1.54, 1.807) is 0 Å². The van der Waals surface area contributed by atoms with E-state index in [1.165, 1.54) is 24.8 Å². The Hall–Kier alpha value is -2.89. The lowest BCUT2D eigenvalue weighted by Crippen LogP contribution is -2.34. The van der Waals surface area contributed by atoms with Gasteiger partial charge in [-0.2, -0.15) is 13.2 Å². The van der Waals surface area contributed by atoms with E-state index in [9.17, 15) is 18.0 Å². The second-order valence-electron chi connectivity index (χ2n) is 10.4. The van der Waals surface area contributed by atoms with Crippen molar-refractivity contribution < 1.29 is 32.6 Å². The quantitative estimate of drug-likeness (QED) is 0.372. The zero-order valence-electron chi connectivity index (χ0n) is 22.2. The number of alkyl halides is 3. The molecule has 218 valence electrons. The van der Waals surface area contributed by atoms with Crippen molar-refractivity contribution in [3.8, 4) is 0 Å². The summed E-state index contributed by atoms with van der Waals surface area (Å²) in [6.07, 6.45) is -0.246.